The highest BCUT2D eigenvalue weighted by Crippen LogP contribution is 2.20. The van der Waals surface area contributed by atoms with E-state index in [0.717, 1.165) is 23.8 Å². The van der Waals surface area contributed by atoms with Crippen LogP contribution in [-0.4, -0.2) is 66.9 Å². The van der Waals surface area contributed by atoms with Gasteiger partial charge in [-0.2, -0.15) is 4.31 Å². The highest BCUT2D eigenvalue weighted by atomic mass is 32.2. The van der Waals surface area contributed by atoms with Crippen LogP contribution in [0, 0.1) is 5.92 Å². The van der Waals surface area contributed by atoms with Crippen molar-refractivity contribution >= 4 is 21.9 Å². The van der Waals surface area contributed by atoms with E-state index >= 15 is 0 Å². The summed E-state index contributed by atoms with van der Waals surface area (Å²) >= 11 is 0. The van der Waals surface area contributed by atoms with Crippen molar-refractivity contribution in [1.29, 1.82) is 0 Å². The summed E-state index contributed by atoms with van der Waals surface area (Å²) in [6.45, 7) is 3.49. The van der Waals surface area contributed by atoms with Gasteiger partial charge in [0.2, 0.25) is 15.9 Å². The van der Waals surface area contributed by atoms with E-state index in [1.165, 1.54) is 22.6 Å². The molecule has 30 heavy (non-hydrogen) atoms. The van der Waals surface area contributed by atoms with Crippen molar-refractivity contribution in [3.05, 3.63) is 28.7 Å². The van der Waals surface area contributed by atoms with Crippen LogP contribution in [0.4, 0.5) is 0 Å². The number of rotatable bonds is 6. The second-order valence-electron chi connectivity index (χ2n) is 7.68. The molecule has 10 heteroatoms. The molecule has 2 saturated heterocycles. The molecule has 1 amide bonds. The van der Waals surface area contributed by atoms with Gasteiger partial charge in [0.15, 0.2) is 0 Å². The molecule has 3 rings (SSSR count). The maximum atomic E-state index is 12.9. The van der Waals surface area contributed by atoms with Crippen LogP contribution in [0.25, 0.3) is 0 Å². The zero-order chi connectivity index (χ0) is 21.7. The Morgan fingerprint density at radius 2 is 1.77 bits per heavy atom. The minimum Gasteiger partial charge on any atom is -0.466 e. The molecule has 0 unspecified atom stereocenters. The normalized spacial score (nSPS) is 18.9. The molecule has 0 atom stereocenters. The number of carbonyl (C=O) groups is 2. The fraction of sp³-hybridized carbons (Fsp3) is 0.650. The topological polar surface area (TPSA) is 106 Å². The van der Waals surface area contributed by atoms with Gasteiger partial charge in [0.25, 0.3) is 5.56 Å². The van der Waals surface area contributed by atoms with Gasteiger partial charge in [-0.05, 0) is 44.7 Å². The third kappa shape index (κ3) is 4.92. The number of esters is 1. The first-order valence-corrected chi connectivity index (χ1v) is 11.9. The molecule has 3 heterocycles. The standard InChI is InChI=1S/C20H29N3O6S/c1-2-29-20(26)16-8-13-21(14-9-16)18(24)15-22-10-6-7-17(19(22)25)30(27,28)23-11-4-3-5-12-23/h6-7,10,16H,2-5,8-9,11-15H2,1H3. The largest absolute Gasteiger partial charge is 0.466 e. The van der Waals surface area contributed by atoms with Gasteiger partial charge in [0.1, 0.15) is 11.4 Å². The summed E-state index contributed by atoms with van der Waals surface area (Å²) in [6.07, 6.45) is 5.00. The number of aromatic nitrogens is 1. The van der Waals surface area contributed by atoms with Gasteiger partial charge in [-0.1, -0.05) is 6.42 Å². The minimum atomic E-state index is -3.87. The molecular formula is C20H29N3O6S. The molecule has 166 valence electrons. The third-order valence-corrected chi connectivity index (χ3v) is 7.60. The molecule has 1 aromatic heterocycles. The van der Waals surface area contributed by atoms with Gasteiger partial charge >= 0.3 is 5.97 Å². The third-order valence-electron chi connectivity index (χ3n) is 5.69. The number of hydrogen-bond acceptors (Lipinski definition) is 6. The molecule has 0 spiro atoms. The summed E-state index contributed by atoms with van der Waals surface area (Å²) < 4.78 is 33.3. The summed E-state index contributed by atoms with van der Waals surface area (Å²) in [6, 6.07) is 2.79. The molecule has 0 bridgehead atoms. The van der Waals surface area contributed by atoms with Crippen molar-refractivity contribution < 1.29 is 22.7 Å². The number of nitrogens with zero attached hydrogens (tertiary/aromatic N) is 3. The number of sulfonamides is 1. The molecule has 2 aliphatic heterocycles. The summed E-state index contributed by atoms with van der Waals surface area (Å²) in [5.41, 5.74) is -0.683. The molecule has 0 aromatic carbocycles. The molecule has 0 N–H and O–H groups in total. The lowest BCUT2D eigenvalue weighted by molar-refractivity contribution is -0.151. The SMILES string of the molecule is CCOC(=O)C1CCN(C(=O)Cn2cccc(S(=O)(=O)N3CCCCC3)c2=O)CC1. The molecule has 9 nitrogen and oxygen atoms in total. The average Bonchev–Trinajstić information content (AvgIpc) is 2.76. The smallest absolute Gasteiger partial charge is 0.309 e. The van der Waals surface area contributed by atoms with Gasteiger partial charge in [-0.25, -0.2) is 8.42 Å². The van der Waals surface area contributed by atoms with E-state index in [-0.39, 0.29) is 29.2 Å². The quantitative estimate of drug-likeness (QED) is 0.608. The van der Waals surface area contributed by atoms with Gasteiger partial charge in [0, 0.05) is 32.4 Å². The molecular weight excluding hydrogens is 410 g/mol. The first kappa shape index (κ1) is 22.5. The van der Waals surface area contributed by atoms with Crippen LogP contribution in [0.5, 0.6) is 0 Å². The molecule has 2 fully saturated rings. The Hall–Kier alpha value is -2.20. The number of pyridine rings is 1. The van der Waals surface area contributed by atoms with E-state index in [1.54, 1.807) is 11.8 Å². The Morgan fingerprint density at radius 1 is 1.10 bits per heavy atom. The maximum absolute atomic E-state index is 12.9. The number of ether oxygens (including phenoxy) is 1. The highest BCUT2D eigenvalue weighted by molar-refractivity contribution is 7.89. The highest BCUT2D eigenvalue weighted by Gasteiger charge is 2.30. The Bertz CT molecular complexity index is 928. The first-order valence-electron chi connectivity index (χ1n) is 10.5. The van der Waals surface area contributed by atoms with Crippen LogP contribution in [0.15, 0.2) is 28.0 Å². The summed E-state index contributed by atoms with van der Waals surface area (Å²) in [5, 5.41) is 0. The van der Waals surface area contributed by atoms with Crippen LogP contribution in [0.2, 0.25) is 0 Å². The van der Waals surface area contributed by atoms with Crippen LogP contribution in [0.3, 0.4) is 0 Å². The van der Waals surface area contributed by atoms with Gasteiger partial charge in [-0.15, -0.1) is 0 Å². The Labute approximate surface area is 176 Å². The summed E-state index contributed by atoms with van der Waals surface area (Å²) in [4.78, 5) is 38.6. The van der Waals surface area contributed by atoms with E-state index in [1.807, 2.05) is 0 Å². The van der Waals surface area contributed by atoms with E-state index in [0.29, 0.717) is 45.6 Å². The monoisotopic (exact) mass is 439 g/mol. The minimum absolute atomic E-state index is 0.213. The Kier molecular flexibility index (Phi) is 7.30. The van der Waals surface area contributed by atoms with Crippen molar-refractivity contribution in [3.8, 4) is 0 Å². The Morgan fingerprint density at radius 3 is 2.40 bits per heavy atom. The van der Waals surface area contributed by atoms with Gasteiger partial charge in [0.05, 0.1) is 12.5 Å². The lowest BCUT2D eigenvalue weighted by Crippen LogP contribution is -2.44. The zero-order valence-corrected chi connectivity index (χ0v) is 18.1. The maximum Gasteiger partial charge on any atom is 0.309 e. The van der Waals surface area contributed by atoms with E-state index in [4.69, 9.17) is 4.74 Å². The van der Waals surface area contributed by atoms with Crippen LogP contribution < -0.4 is 5.56 Å². The van der Waals surface area contributed by atoms with Crippen LogP contribution in [0.1, 0.15) is 39.0 Å². The molecule has 2 aliphatic rings. The average molecular weight is 440 g/mol. The van der Waals surface area contributed by atoms with Crippen molar-refractivity contribution in [2.75, 3.05) is 32.8 Å². The molecule has 0 radical (unpaired) electrons. The van der Waals surface area contributed by atoms with Crippen molar-refractivity contribution in [2.24, 2.45) is 5.92 Å². The zero-order valence-electron chi connectivity index (χ0n) is 17.3. The van der Waals surface area contributed by atoms with E-state index in [9.17, 15) is 22.8 Å². The van der Waals surface area contributed by atoms with E-state index in [2.05, 4.69) is 0 Å². The summed E-state index contributed by atoms with van der Waals surface area (Å²) in [7, 11) is -3.87. The van der Waals surface area contributed by atoms with E-state index < -0.39 is 15.6 Å². The van der Waals surface area contributed by atoms with Crippen LogP contribution in [-0.2, 0) is 30.9 Å². The summed E-state index contributed by atoms with van der Waals surface area (Å²) in [5.74, 6) is -0.724. The Balaban J connectivity index is 1.68. The van der Waals surface area contributed by atoms with Gasteiger partial charge < -0.3 is 14.2 Å². The number of carbonyl (C=O) groups excluding carboxylic acids is 2. The van der Waals surface area contributed by atoms with Crippen LogP contribution >= 0.6 is 0 Å². The number of piperidine rings is 2. The second-order valence-corrected chi connectivity index (χ2v) is 9.58. The predicted octanol–water partition coefficient (Wildman–Crippen LogP) is 0.825. The van der Waals surface area contributed by atoms with Crippen molar-refractivity contribution in [3.63, 3.8) is 0 Å². The molecule has 0 aliphatic carbocycles. The second kappa shape index (κ2) is 9.74. The number of hydrogen-bond donors (Lipinski definition) is 0. The molecule has 1 aromatic rings. The van der Waals surface area contributed by atoms with Gasteiger partial charge in [-0.3, -0.25) is 14.4 Å². The van der Waals surface area contributed by atoms with Crippen molar-refractivity contribution in [1.82, 2.24) is 13.8 Å². The molecule has 0 saturated carbocycles. The fourth-order valence-electron chi connectivity index (χ4n) is 3.95. The number of likely N-dealkylation sites (tertiary alicyclic amines) is 1. The lowest BCUT2D eigenvalue weighted by Gasteiger charge is -2.31. The fourth-order valence-corrected chi connectivity index (χ4v) is 5.56. The van der Waals surface area contributed by atoms with Crippen molar-refractivity contribution in [2.45, 2.75) is 50.5 Å². The number of amides is 1. The predicted molar refractivity (Wildman–Crippen MR) is 109 cm³/mol. The lowest BCUT2D eigenvalue weighted by atomic mass is 9.97. The first-order chi connectivity index (χ1) is 14.3.